The normalized spacial score (nSPS) is 25.3. The minimum atomic E-state index is -0.111. The number of rotatable bonds is 7. The van der Waals surface area contributed by atoms with Gasteiger partial charge in [-0.1, -0.05) is 0 Å². The van der Waals surface area contributed by atoms with Crippen molar-refractivity contribution in [2.24, 2.45) is 0 Å². The summed E-state index contributed by atoms with van der Waals surface area (Å²) in [5.41, 5.74) is 0. The second-order valence-corrected chi connectivity index (χ2v) is 2.82. The Kier molecular flexibility index (Phi) is 5.55. The largest absolute Gasteiger partial charge is 0.493 e. The molecule has 1 heterocycles. The third-order valence-electron chi connectivity index (χ3n) is 1.75. The third-order valence-corrected chi connectivity index (χ3v) is 1.75. The van der Waals surface area contributed by atoms with Crippen molar-refractivity contribution < 1.29 is 23.7 Å². The van der Waals surface area contributed by atoms with Gasteiger partial charge in [-0.05, 0) is 6.08 Å². The van der Waals surface area contributed by atoms with Crippen molar-refractivity contribution in [3.63, 3.8) is 0 Å². The number of ether oxygens (including phenoxy) is 5. The van der Waals surface area contributed by atoms with Gasteiger partial charge in [0.25, 0.3) is 0 Å². The van der Waals surface area contributed by atoms with E-state index in [1.807, 2.05) is 6.08 Å². The van der Waals surface area contributed by atoms with Crippen molar-refractivity contribution in [1.82, 2.24) is 0 Å². The van der Waals surface area contributed by atoms with Gasteiger partial charge in [-0.2, -0.15) is 0 Å². The molecule has 5 nitrogen and oxygen atoms in total. The van der Waals surface area contributed by atoms with Crippen molar-refractivity contribution in [2.75, 3.05) is 34.4 Å². The molecule has 14 heavy (non-hydrogen) atoms. The minimum Gasteiger partial charge on any atom is -0.493 e. The number of methoxy groups -OCH3 is 2. The molecule has 2 atom stereocenters. The average Bonchev–Trinajstić information content (AvgIpc) is 2.63. The maximum Gasteiger partial charge on any atom is 0.151 e. The zero-order valence-electron chi connectivity index (χ0n) is 8.47. The fraction of sp³-hybridized carbons (Fsp3) is 0.778. The Hall–Kier alpha value is -0.620. The van der Waals surface area contributed by atoms with Gasteiger partial charge in [0.05, 0.1) is 12.9 Å². The van der Waals surface area contributed by atoms with E-state index in [0.29, 0.717) is 6.61 Å². The van der Waals surface area contributed by atoms with Crippen LogP contribution >= 0.6 is 0 Å². The zero-order chi connectivity index (χ0) is 10.2. The second kappa shape index (κ2) is 6.78. The summed E-state index contributed by atoms with van der Waals surface area (Å²) in [5.74, 6) is 0. The first kappa shape index (κ1) is 11.5. The fourth-order valence-electron chi connectivity index (χ4n) is 1.12. The lowest BCUT2D eigenvalue weighted by Crippen LogP contribution is -2.30. The Labute approximate surface area is 83.5 Å². The molecular formula is C9H16O5. The maximum atomic E-state index is 5.34. The summed E-state index contributed by atoms with van der Waals surface area (Å²) in [4.78, 5) is 0. The van der Waals surface area contributed by atoms with Crippen LogP contribution in [0.25, 0.3) is 0 Å². The maximum absolute atomic E-state index is 5.34. The SMILES string of the molecule is COCOC[C@H]1OC=C[C@@H]1OCOC. The quantitative estimate of drug-likeness (QED) is 0.446. The molecule has 0 saturated carbocycles. The van der Waals surface area contributed by atoms with Crippen LogP contribution in [0.15, 0.2) is 12.3 Å². The smallest absolute Gasteiger partial charge is 0.151 e. The van der Waals surface area contributed by atoms with Crippen molar-refractivity contribution in [2.45, 2.75) is 12.2 Å². The molecule has 1 aliphatic heterocycles. The molecule has 0 aromatic carbocycles. The van der Waals surface area contributed by atoms with Crippen LogP contribution in [0.2, 0.25) is 0 Å². The van der Waals surface area contributed by atoms with E-state index in [1.54, 1.807) is 20.5 Å². The third kappa shape index (κ3) is 3.63. The second-order valence-electron chi connectivity index (χ2n) is 2.82. The van der Waals surface area contributed by atoms with E-state index in [2.05, 4.69) is 0 Å². The molecule has 5 heteroatoms. The summed E-state index contributed by atoms with van der Waals surface area (Å²) in [6.45, 7) is 0.950. The first-order valence-electron chi connectivity index (χ1n) is 4.38. The summed E-state index contributed by atoms with van der Waals surface area (Å²) in [6, 6.07) is 0. The molecule has 0 aromatic rings. The van der Waals surface area contributed by atoms with Crippen molar-refractivity contribution >= 4 is 0 Å². The Bertz CT molecular complexity index is 171. The molecule has 82 valence electrons. The zero-order valence-corrected chi connectivity index (χ0v) is 8.47. The van der Waals surface area contributed by atoms with Crippen LogP contribution in [0.5, 0.6) is 0 Å². The van der Waals surface area contributed by atoms with Gasteiger partial charge >= 0.3 is 0 Å². The lowest BCUT2D eigenvalue weighted by atomic mass is 10.2. The van der Waals surface area contributed by atoms with Crippen LogP contribution in [0, 0.1) is 0 Å². The highest BCUT2D eigenvalue weighted by Gasteiger charge is 2.25. The van der Waals surface area contributed by atoms with E-state index in [-0.39, 0.29) is 25.8 Å². The summed E-state index contributed by atoms with van der Waals surface area (Å²) in [5, 5.41) is 0. The van der Waals surface area contributed by atoms with Gasteiger partial charge in [0.15, 0.2) is 6.10 Å². The van der Waals surface area contributed by atoms with Gasteiger partial charge in [-0.15, -0.1) is 0 Å². The van der Waals surface area contributed by atoms with E-state index in [4.69, 9.17) is 23.7 Å². The summed E-state index contributed by atoms with van der Waals surface area (Å²) >= 11 is 0. The van der Waals surface area contributed by atoms with E-state index in [0.717, 1.165) is 0 Å². The lowest BCUT2D eigenvalue weighted by Gasteiger charge is -2.18. The fourth-order valence-corrected chi connectivity index (χ4v) is 1.12. The van der Waals surface area contributed by atoms with Crippen LogP contribution in [-0.2, 0) is 23.7 Å². The van der Waals surface area contributed by atoms with Gasteiger partial charge in [0.1, 0.15) is 19.7 Å². The van der Waals surface area contributed by atoms with Crippen LogP contribution in [0.3, 0.4) is 0 Å². The standard InChI is InChI=1S/C9H16O5/c1-10-6-12-5-9-8(3-4-13-9)14-7-11-2/h3-4,8-9H,5-7H2,1-2H3/t8-,9+/m0/s1. The minimum absolute atomic E-state index is 0.105. The van der Waals surface area contributed by atoms with Crippen LogP contribution < -0.4 is 0 Å². The lowest BCUT2D eigenvalue weighted by molar-refractivity contribution is -0.116. The molecule has 0 unspecified atom stereocenters. The summed E-state index contributed by atoms with van der Waals surface area (Å²) < 4.78 is 25.3. The van der Waals surface area contributed by atoms with Crippen LogP contribution in [-0.4, -0.2) is 46.6 Å². The highest BCUT2D eigenvalue weighted by atomic mass is 16.7. The van der Waals surface area contributed by atoms with Gasteiger partial charge in [-0.25, -0.2) is 0 Å². The molecule has 0 saturated heterocycles. The molecule has 0 spiro atoms. The Morgan fingerprint density at radius 2 is 2.00 bits per heavy atom. The molecule has 0 radical (unpaired) electrons. The Morgan fingerprint density at radius 3 is 2.71 bits per heavy atom. The molecule has 0 amide bonds. The Balaban J connectivity index is 2.16. The topological polar surface area (TPSA) is 46.2 Å². The molecule has 0 aliphatic carbocycles. The van der Waals surface area contributed by atoms with E-state index in [9.17, 15) is 0 Å². The van der Waals surface area contributed by atoms with Gasteiger partial charge in [-0.3, -0.25) is 0 Å². The van der Waals surface area contributed by atoms with Crippen molar-refractivity contribution in [1.29, 1.82) is 0 Å². The Morgan fingerprint density at radius 1 is 1.21 bits per heavy atom. The van der Waals surface area contributed by atoms with Gasteiger partial charge in [0.2, 0.25) is 0 Å². The number of hydrogen-bond acceptors (Lipinski definition) is 5. The molecule has 1 rings (SSSR count). The molecule has 1 aliphatic rings. The van der Waals surface area contributed by atoms with Gasteiger partial charge < -0.3 is 23.7 Å². The first-order valence-corrected chi connectivity index (χ1v) is 4.38. The predicted octanol–water partition coefficient (Wildman–Crippen LogP) is 0.508. The summed E-state index contributed by atoms with van der Waals surface area (Å²) in [6.07, 6.45) is 3.23. The average molecular weight is 204 g/mol. The highest BCUT2D eigenvalue weighted by molar-refractivity contribution is 4.97. The van der Waals surface area contributed by atoms with Crippen LogP contribution in [0.4, 0.5) is 0 Å². The summed E-state index contributed by atoms with van der Waals surface area (Å²) in [7, 11) is 3.16. The molecule has 0 aromatic heterocycles. The van der Waals surface area contributed by atoms with Crippen molar-refractivity contribution in [3.8, 4) is 0 Å². The highest BCUT2D eigenvalue weighted by Crippen LogP contribution is 2.14. The monoisotopic (exact) mass is 204 g/mol. The van der Waals surface area contributed by atoms with Crippen LogP contribution in [0.1, 0.15) is 0 Å². The number of hydrogen-bond donors (Lipinski definition) is 0. The molecule has 0 bridgehead atoms. The molecular weight excluding hydrogens is 188 g/mol. The van der Waals surface area contributed by atoms with E-state index in [1.165, 1.54) is 0 Å². The van der Waals surface area contributed by atoms with Gasteiger partial charge in [0, 0.05) is 14.2 Å². The molecule has 0 fully saturated rings. The van der Waals surface area contributed by atoms with E-state index >= 15 is 0 Å². The van der Waals surface area contributed by atoms with Crippen molar-refractivity contribution in [3.05, 3.63) is 12.3 Å². The van der Waals surface area contributed by atoms with E-state index < -0.39 is 0 Å². The predicted molar refractivity (Wildman–Crippen MR) is 48.6 cm³/mol. The molecule has 0 N–H and O–H groups in total. The first-order chi connectivity index (χ1) is 6.88.